The van der Waals surface area contributed by atoms with Gasteiger partial charge in [-0.1, -0.05) is 6.07 Å². The minimum Gasteiger partial charge on any atom is -0.368 e. The first-order valence-electron chi connectivity index (χ1n) is 7.76. The van der Waals surface area contributed by atoms with Gasteiger partial charge in [-0.05, 0) is 44.8 Å². The van der Waals surface area contributed by atoms with E-state index in [1.165, 1.54) is 0 Å². The lowest BCUT2D eigenvalue weighted by atomic mass is 10.1. The maximum atomic E-state index is 14.1. The van der Waals surface area contributed by atoms with E-state index in [9.17, 15) is 4.39 Å². The topological polar surface area (TPSA) is 30.5 Å². The highest BCUT2D eigenvalue weighted by atomic mass is 19.1. The Morgan fingerprint density at radius 3 is 2.95 bits per heavy atom. The lowest BCUT2D eigenvalue weighted by molar-refractivity contribution is 0.400. The Morgan fingerprint density at radius 1 is 1.29 bits per heavy atom. The molecule has 5 heteroatoms. The zero-order valence-electron chi connectivity index (χ0n) is 13.2. The van der Waals surface area contributed by atoms with Gasteiger partial charge in [0.05, 0.1) is 5.69 Å². The summed E-state index contributed by atoms with van der Waals surface area (Å²) < 4.78 is 14.1. The SMILES string of the molecule is CN(C)CCNCc1ccc(F)c(N2CCCNCC2)c1. The van der Waals surface area contributed by atoms with E-state index in [0.717, 1.165) is 63.5 Å². The van der Waals surface area contributed by atoms with E-state index in [4.69, 9.17) is 0 Å². The van der Waals surface area contributed by atoms with Crippen molar-refractivity contribution in [1.82, 2.24) is 15.5 Å². The zero-order valence-corrected chi connectivity index (χ0v) is 13.2. The molecule has 2 N–H and O–H groups in total. The molecule has 0 amide bonds. The van der Waals surface area contributed by atoms with Gasteiger partial charge in [-0.25, -0.2) is 4.39 Å². The number of nitrogens with zero attached hydrogens (tertiary/aromatic N) is 2. The lowest BCUT2D eigenvalue weighted by Crippen LogP contribution is -2.29. The third-order valence-electron chi connectivity index (χ3n) is 3.76. The van der Waals surface area contributed by atoms with Gasteiger partial charge in [0, 0.05) is 39.3 Å². The van der Waals surface area contributed by atoms with E-state index in [1.807, 2.05) is 12.1 Å². The summed E-state index contributed by atoms with van der Waals surface area (Å²) in [6.07, 6.45) is 1.06. The van der Waals surface area contributed by atoms with Crippen LogP contribution in [0, 0.1) is 5.82 Å². The molecule has 1 aromatic rings. The molecule has 0 unspecified atom stereocenters. The second-order valence-electron chi connectivity index (χ2n) is 5.86. The predicted molar refractivity (Wildman–Crippen MR) is 86.4 cm³/mol. The minimum absolute atomic E-state index is 0.117. The molecule has 0 bridgehead atoms. The summed E-state index contributed by atoms with van der Waals surface area (Å²) in [5.74, 6) is -0.117. The first kappa shape index (κ1) is 16.2. The summed E-state index contributed by atoms with van der Waals surface area (Å²) in [6.45, 7) is 6.46. The van der Waals surface area contributed by atoms with Crippen LogP contribution >= 0.6 is 0 Å². The van der Waals surface area contributed by atoms with Gasteiger partial charge in [0.15, 0.2) is 0 Å². The van der Waals surface area contributed by atoms with Crippen LogP contribution in [0.2, 0.25) is 0 Å². The van der Waals surface area contributed by atoms with E-state index in [-0.39, 0.29) is 5.82 Å². The average Bonchev–Trinajstić information content (AvgIpc) is 2.74. The molecule has 0 aromatic heterocycles. The largest absolute Gasteiger partial charge is 0.368 e. The highest BCUT2D eigenvalue weighted by Crippen LogP contribution is 2.21. The molecule has 0 spiro atoms. The molecule has 1 aromatic carbocycles. The van der Waals surface area contributed by atoms with Crippen LogP contribution in [0.4, 0.5) is 10.1 Å². The number of likely N-dealkylation sites (N-methyl/N-ethyl adjacent to an activating group) is 1. The molecule has 4 nitrogen and oxygen atoms in total. The van der Waals surface area contributed by atoms with Crippen LogP contribution in [0.5, 0.6) is 0 Å². The maximum Gasteiger partial charge on any atom is 0.146 e. The normalized spacial score (nSPS) is 16.3. The highest BCUT2D eigenvalue weighted by molar-refractivity contribution is 5.50. The van der Waals surface area contributed by atoms with Gasteiger partial charge < -0.3 is 20.4 Å². The first-order chi connectivity index (χ1) is 10.2. The standard InChI is InChI=1S/C16H27FN4/c1-20(2)10-7-19-13-14-4-5-15(17)16(12-14)21-9-3-6-18-8-11-21/h4-5,12,18-19H,3,6-11,13H2,1-2H3. The fourth-order valence-electron chi connectivity index (χ4n) is 2.53. The van der Waals surface area contributed by atoms with Gasteiger partial charge in [-0.2, -0.15) is 0 Å². The summed E-state index contributed by atoms with van der Waals surface area (Å²) in [5.41, 5.74) is 1.88. The second kappa shape index (κ2) is 8.32. The molecule has 1 aliphatic rings. The quantitative estimate of drug-likeness (QED) is 0.774. The van der Waals surface area contributed by atoms with Gasteiger partial charge >= 0.3 is 0 Å². The van der Waals surface area contributed by atoms with Crippen LogP contribution in [0.15, 0.2) is 18.2 Å². The third-order valence-corrected chi connectivity index (χ3v) is 3.76. The number of nitrogens with one attached hydrogen (secondary N) is 2. The fourth-order valence-corrected chi connectivity index (χ4v) is 2.53. The third kappa shape index (κ3) is 5.26. The van der Waals surface area contributed by atoms with Gasteiger partial charge in [0.2, 0.25) is 0 Å². The number of anilines is 1. The summed E-state index contributed by atoms with van der Waals surface area (Å²) >= 11 is 0. The second-order valence-corrected chi connectivity index (χ2v) is 5.86. The number of hydrogen-bond acceptors (Lipinski definition) is 4. The monoisotopic (exact) mass is 294 g/mol. The lowest BCUT2D eigenvalue weighted by Gasteiger charge is -2.23. The average molecular weight is 294 g/mol. The molecule has 0 saturated carbocycles. The smallest absolute Gasteiger partial charge is 0.146 e. The van der Waals surface area contributed by atoms with Crippen molar-refractivity contribution in [2.75, 3.05) is 58.3 Å². The van der Waals surface area contributed by atoms with E-state index in [1.54, 1.807) is 6.07 Å². The summed E-state index contributed by atoms with van der Waals surface area (Å²) in [4.78, 5) is 4.30. The van der Waals surface area contributed by atoms with Crippen LogP contribution in [0.1, 0.15) is 12.0 Å². The molecule has 118 valence electrons. The van der Waals surface area contributed by atoms with Gasteiger partial charge in [-0.3, -0.25) is 0 Å². The Bertz CT molecular complexity index is 428. The fraction of sp³-hybridized carbons (Fsp3) is 0.625. The Labute approximate surface area is 127 Å². The van der Waals surface area contributed by atoms with Gasteiger partial charge in [0.1, 0.15) is 5.82 Å². The van der Waals surface area contributed by atoms with Crippen molar-refractivity contribution >= 4 is 5.69 Å². The highest BCUT2D eigenvalue weighted by Gasteiger charge is 2.14. The van der Waals surface area contributed by atoms with Crippen molar-refractivity contribution < 1.29 is 4.39 Å². The van der Waals surface area contributed by atoms with Crippen molar-refractivity contribution in [3.05, 3.63) is 29.6 Å². The van der Waals surface area contributed by atoms with E-state index in [0.29, 0.717) is 0 Å². The zero-order chi connectivity index (χ0) is 15.1. The Balaban J connectivity index is 1.95. The summed E-state index contributed by atoms with van der Waals surface area (Å²) in [5, 5.41) is 6.75. The van der Waals surface area contributed by atoms with E-state index in [2.05, 4.69) is 34.5 Å². The molecule has 2 rings (SSSR count). The van der Waals surface area contributed by atoms with Crippen LogP contribution in [-0.4, -0.2) is 58.3 Å². The van der Waals surface area contributed by atoms with Crippen molar-refractivity contribution in [3.63, 3.8) is 0 Å². The predicted octanol–water partition coefficient (Wildman–Crippen LogP) is 1.28. The molecule has 0 atom stereocenters. The van der Waals surface area contributed by atoms with Crippen LogP contribution in [0.3, 0.4) is 0 Å². The molecule has 21 heavy (non-hydrogen) atoms. The minimum atomic E-state index is -0.117. The number of halogens is 1. The Morgan fingerprint density at radius 2 is 2.14 bits per heavy atom. The van der Waals surface area contributed by atoms with Crippen LogP contribution < -0.4 is 15.5 Å². The number of benzene rings is 1. The van der Waals surface area contributed by atoms with Crippen molar-refractivity contribution in [3.8, 4) is 0 Å². The Kier molecular flexibility index (Phi) is 6.42. The van der Waals surface area contributed by atoms with Gasteiger partial charge in [-0.15, -0.1) is 0 Å². The molecular weight excluding hydrogens is 267 g/mol. The molecule has 1 aliphatic heterocycles. The van der Waals surface area contributed by atoms with Crippen molar-refractivity contribution in [1.29, 1.82) is 0 Å². The molecule has 0 aliphatic carbocycles. The summed E-state index contributed by atoms with van der Waals surface area (Å²) in [7, 11) is 4.12. The molecule has 0 radical (unpaired) electrons. The number of hydrogen-bond donors (Lipinski definition) is 2. The molecule has 1 heterocycles. The van der Waals surface area contributed by atoms with Crippen LogP contribution in [0.25, 0.3) is 0 Å². The van der Waals surface area contributed by atoms with E-state index >= 15 is 0 Å². The first-order valence-corrected chi connectivity index (χ1v) is 7.76. The van der Waals surface area contributed by atoms with Crippen molar-refractivity contribution in [2.24, 2.45) is 0 Å². The molecular formula is C16H27FN4. The summed E-state index contributed by atoms with van der Waals surface area (Å²) in [6, 6.07) is 5.46. The molecule has 1 saturated heterocycles. The van der Waals surface area contributed by atoms with Crippen LogP contribution in [-0.2, 0) is 6.54 Å². The number of rotatable bonds is 6. The molecule has 1 fully saturated rings. The van der Waals surface area contributed by atoms with E-state index < -0.39 is 0 Å². The van der Waals surface area contributed by atoms with Gasteiger partial charge in [0.25, 0.3) is 0 Å². The van der Waals surface area contributed by atoms with Crippen molar-refractivity contribution in [2.45, 2.75) is 13.0 Å². The maximum absolute atomic E-state index is 14.1. The Hall–Kier alpha value is -1.17.